The summed E-state index contributed by atoms with van der Waals surface area (Å²) >= 11 is 1.38. The number of hydrogen-bond donors (Lipinski definition) is 2. The van der Waals surface area contributed by atoms with Gasteiger partial charge in [-0.25, -0.2) is 5.84 Å². The first-order valence-electron chi connectivity index (χ1n) is 5.89. The number of benzene rings is 1. The number of nitrogens with two attached hydrogens (primary N) is 1. The van der Waals surface area contributed by atoms with Crippen molar-refractivity contribution in [1.82, 2.24) is 5.43 Å². The summed E-state index contributed by atoms with van der Waals surface area (Å²) in [5, 5.41) is 0. The molecule has 0 radical (unpaired) electrons. The van der Waals surface area contributed by atoms with Crippen LogP contribution < -0.4 is 16.0 Å². The molecule has 19 heavy (non-hydrogen) atoms. The average molecular weight is 276 g/mol. The Morgan fingerprint density at radius 3 is 2.58 bits per heavy atom. The largest absolute Gasteiger partial charge is 0.488 e. The molecular weight excluding hydrogens is 260 g/mol. The van der Waals surface area contributed by atoms with E-state index in [0.717, 1.165) is 10.6 Å². The Balaban J connectivity index is 2.02. The molecule has 1 aromatic heterocycles. The van der Waals surface area contributed by atoms with Gasteiger partial charge in [0.05, 0.1) is 4.88 Å². The molecule has 0 bridgehead atoms. The first kappa shape index (κ1) is 13.6. The normalized spacial score (nSPS) is 10.3. The molecule has 0 fully saturated rings. The second-order valence-corrected chi connectivity index (χ2v) is 5.52. The van der Waals surface area contributed by atoms with Crippen LogP contribution in [0.4, 0.5) is 0 Å². The quantitative estimate of drug-likeness (QED) is 0.512. The van der Waals surface area contributed by atoms with E-state index in [9.17, 15) is 4.79 Å². The third kappa shape index (κ3) is 3.56. The Bertz CT molecular complexity index is 573. The van der Waals surface area contributed by atoms with Crippen molar-refractivity contribution in [3.63, 3.8) is 0 Å². The maximum atomic E-state index is 11.3. The second kappa shape index (κ2) is 5.86. The van der Waals surface area contributed by atoms with Crippen LogP contribution in [0.3, 0.4) is 0 Å². The number of carbonyl (C=O) groups excluding carboxylic acids is 1. The standard InChI is InChI=1S/C14H16N2O2S/c1-9-5-10(2)7-11(6-9)18-8-12-3-4-13(19-12)14(17)16-15/h3-7H,8,15H2,1-2H3,(H,16,17). The summed E-state index contributed by atoms with van der Waals surface area (Å²) in [6, 6.07) is 9.70. The van der Waals surface area contributed by atoms with Crippen LogP contribution in [0.25, 0.3) is 0 Å². The minimum atomic E-state index is -0.275. The van der Waals surface area contributed by atoms with Crippen LogP contribution in [-0.2, 0) is 6.61 Å². The Morgan fingerprint density at radius 1 is 1.26 bits per heavy atom. The lowest BCUT2D eigenvalue weighted by molar-refractivity contribution is 0.0957. The lowest BCUT2D eigenvalue weighted by Gasteiger charge is -2.06. The highest BCUT2D eigenvalue weighted by Crippen LogP contribution is 2.21. The van der Waals surface area contributed by atoms with E-state index in [1.54, 1.807) is 6.07 Å². The summed E-state index contributed by atoms with van der Waals surface area (Å²) < 4.78 is 5.73. The van der Waals surface area contributed by atoms with Crippen LogP contribution >= 0.6 is 11.3 Å². The number of hydrazine groups is 1. The number of hydrogen-bond acceptors (Lipinski definition) is 4. The van der Waals surface area contributed by atoms with E-state index in [1.807, 2.05) is 32.0 Å². The number of nitrogen functional groups attached to an aromatic ring is 1. The van der Waals surface area contributed by atoms with Gasteiger partial charge in [0.15, 0.2) is 0 Å². The predicted molar refractivity (Wildman–Crippen MR) is 76.2 cm³/mol. The topological polar surface area (TPSA) is 64.3 Å². The molecular formula is C14H16N2O2S. The van der Waals surface area contributed by atoms with Gasteiger partial charge in [0, 0.05) is 4.88 Å². The SMILES string of the molecule is Cc1cc(C)cc(OCc2ccc(C(=O)NN)s2)c1. The molecule has 1 aromatic carbocycles. The molecule has 0 atom stereocenters. The number of carbonyl (C=O) groups is 1. The van der Waals surface area contributed by atoms with Crippen molar-refractivity contribution in [1.29, 1.82) is 0 Å². The van der Waals surface area contributed by atoms with E-state index < -0.39 is 0 Å². The fourth-order valence-corrected chi connectivity index (χ4v) is 2.64. The summed E-state index contributed by atoms with van der Waals surface area (Å²) in [4.78, 5) is 12.9. The van der Waals surface area contributed by atoms with Crippen molar-refractivity contribution in [2.24, 2.45) is 5.84 Å². The fourth-order valence-electron chi connectivity index (χ4n) is 1.82. The van der Waals surface area contributed by atoms with Gasteiger partial charge in [0.1, 0.15) is 12.4 Å². The fraction of sp³-hybridized carbons (Fsp3) is 0.214. The van der Waals surface area contributed by atoms with Gasteiger partial charge in [-0.1, -0.05) is 6.07 Å². The first-order chi connectivity index (χ1) is 9.08. The lowest BCUT2D eigenvalue weighted by Crippen LogP contribution is -2.29. The van der Waals surface area contributed by atoms with Gasteiger partial charge in [0.2, 0.25) is 0 Å². The average Bonchev–Trinajstić information content (AvgIpc) is 2.83. The monoisotopic (exact) mass is 276 g/mol. The molecule has 1 heterocycles. The lowest BCUT2D eigenvalue weighted by atomic mass is 10.1. The Kier molecular flexibility index (Phi) is 4.19. The number of thiophene rings is 1. The molecule has 0 aliphatic heterocycles. The highest BCUT2D eigenvalue weighted by Gasteiger charge is 2.08. The Morgan fingerprint density at radius 2 is 1.95 bits per heavy atom. The molecule has 3 N–H and O–H groups in total. The van der Waals surface area contributed by atoms with Crippen LogP contribution in [0.5, 0.6) is 5.75 Å². The van der Waals surface area contributed by atoms with E-state index >= 15 is 0 Å². The minimum absolute atomic E-state index is 0.275. The van der Waals surface area contributed by atoms with Crippen LogP contribution in [0.1, 0.15) is 25.7 Å². The van der Waals surface area contributed by atoms with E-state index in [1.165, 1.54) is 22.5 Å². The number of nitrogens with one attached hydrogen (secondary N) is 1. The van der Waals surface area contributed by atoms with Crippen molar-refractivity contribution in [2.45, 2.75) is 20.5 Å². The molecule has 4 nitrogen and oxygen atoms in total. The van der Waals surface area contributed by atoms with Crippen molar-refractivity contribution in [3.8, 4) is 5.75 Å². The number of aryl methyl sites for hydroxylation is 2. The summed E-state index contributed by atoms with van der Waals surface area (Å²) in [5.41, 5.74) is 4.46. The van der Waals surface area contributed by atoms with Gasteiger partial charge in [-0.2, -0.15) is 0 Å². The van der Waals surface area contributed by atoms with Crippen LogP contribution in [-0.4, -0.2) is 5.91 Å². The molecule has 100 valence electrons. The second-order valence-electron chi connectivity index (χ2n) is 4.35. The van der Waals surface area contributed by atoms with Gasteiger partial charge in [-0.3, -0.25) is 10.2 Å². The van der Waals surface area contributed by atoms with Crippen molar-refractivity contribution >= 4 is 17.2 Å². The van der Waals surface area contributed by atoms with Gasteiger partial charge >= 0.3 is 0 Å². The number of rotatable bonds is 4. The summed E-state index contributed by atoms with van der Waals surface area (Å²) in [6.07, 6.45) is 0. The van der Waals surface area contributed by atoms with Crippen molar-refractivity contribution in [2.75, 3.05) is 0 Å². The Hall–Kier alpha value is -1.85. The molecule has 2 aromatic rings. The molecule has 0 aliphatic carbocycles. The van der Waals surface area contributed by atoms with Crippen LogP contribution in [0, 0.1) is 13.8 Å². The third-order valence-electron chi connectivity index (χ3n) is 2.59. The first-order valence-corrected chi connectivity index (χ1v) is 6.71. The smallest absolute Gasteiger partial charge is 0.275 e. The third-order valence-corrected chi connectivity index (χ3v) is 3.65. The maximum Gasteiger partial charge on any atom is 0.275 e. The van der Waals surface area contributed by atoms with Gasteiger partial charge in [-0.15, -0.1) is 11.3 Å². The molecule has 1 amide bonds. The molecule has 5 heteroatoms. The zero-order chi connectivity index (χ0) is 13.8. The summed E-state index contributed by atoms with van der Waals surface area (Å²) in [5.74, 6) is 5.66. The van der Waals surface area contributed by atoms with Gasteiger partial charge in [-0.05, 0) is 49.2 Å². The molecule has 0 saturated carbocycles. The molecule has 0 unspecified atom stereocenters. The maximum absolute atomic E-state index is 11.3. The summed E-state index contributed by atoms with van der Waals surface area (Å²) in [7, 11) is 0. The molecule has 0 spiro atoms. The van der Waals surface area contributed by atoms with E-state index in [4.69, 9.17) is 10.6 Å². The Labute approximate surface area is 116 Å². The zero-order valence-corrected chi connectivity index (χ0v) is 11.7. The van der Waals surface area contributed by atoms with Crippen molar-refractivity contribution < 1.29 is 9.53 Å². The van der Waals surface area contributed by atoms with E-state index in [2.05, 4.69) is 11.5 Å². The number of ether oxygens (including phenoxy) is 1. The minimum Gasteiger partial charge on any atom is -0.488 e. The molecule has 2 rings (SSSR count). The number of amides is 1. The predicted octanol–water partition coefficient (Wildman–Crippen LogP) is 2.55. The van der Waals surface area contributed by atoms with Gasteiger partial charge in [0.25, 0.3) is 5.91 Å². The van der Waals surface area contributed by atoms with Crippen molar-refractivity contribution in [3.05, 3.63) is 51.2 Å². The molecule has 0 aliphatic rings. The van der Waals surface area contributed by atoms with E-state index in [0.29, 0.717) is 11.5 Å². The van der Waals surface area contributed by atoms with Crippen LogP contribution in [0.15, 0.2) is 30.3 Å². The zero-order valence-electron chi connectivity index (χ0n) is 10.9. The van der Waals surface area contributed by atoms with Gasteiger partial charge < -0.3 is 4.74 Å². The molecule has 0 saturated heterocycles. The highest BCUT2D eigenvalue weighted by atomic mass is 32.1. The van der Waals surface area contributed by atoms with E-state index in [-0.39, 0.29) is 5.91 Å². The highest BCUT2D eigenvalue weighted by molar-refractivity contribution is 7.14. The van der Waals surface area contributed by atoms with Crippen LogP contribution in [0.2, 0.25) is 0 Å². The summed E-state index contributed by atoms with van der Waals surface area (Å²) in [6.45, 7) is 4.52.